The maximum atomic E-state index is 14.0. The SMILES string of the molecule is O=C(N[C@H](c1nc2cc([C@@H](C3COC3)N3C[C@@H](C(F)(F)F)NC3=O)ccc2o1)C1CCC(F)(F)CC1)OCc1ccccc1. The Hall–Kier alpha value is -3.94. The van der Waals surface area contributed by atoms with Crippen LogP contribution in [-0.4, -0.2) is 59.9 Å². The van der Waals surface area contributed by atoms with Crippen LogP contribution in [0.5, 0.6) is 0 Å². The van der Waals surface area contributed by atoms with Gasteiger partial charge in [-0.05, 0) is 42.0 Å². The highest BCUT2D eigenvalue weighted by molar-refractivity contribution is 5.79. The Bertz CT molecular complexity index is 1490. The summed E-state index contributed by atoms with van der Waals surface area (Å²) in [5, 5.41) is 4.77. The van der Waals surface area contributed by atoms with E-state index in [1.54, 1.807) is 30.3 Å². The van der Waals surface area contributed by atoms with Crippen LogP contribution >= 0.6 is 0 Å². The molecular formula is C30H31F5N4O5. The number of urea groups is 1. The van der Waals surface area contributed by atoms with Gasteiger partial charge >= 0.3 is 18.3 Å². The number of carbonyl (C=O) groups is 2. The van der Waals surface area contributed by atoms with Crippen molar-refractivity contribution >= 4 is 23.2 Å². The molecule has 2 N–H and O–H groups in total. The second kappa shape index (κ2) is 11.9. The van der Waals surface area contributed by atoms with E-state index in [0.717, 1.165) is 5.56 Å². The standard InChI is InChI=1S/C30H31F5N4O5/c31-29(32)10-8-18(9-11-29)24(38-28(41)43-14-17-4-2-1-3-5-17)26-36-21-12-19(6-7-22(21)44-26)25(20-15-42-16-20)39-13-23(30(33,34)35)37-27(39)40/h1-7,12,18,20,23-25H,8-11,13-16H2,(H,37,40)(H,38,41)/t23-,24-,25-/m0/s1. The maximum absolute atomic E-state index is 14.0. The Morgan fingerprint density at radius 3 is 2.48 bits per heavy atom. The van der Waals surface area contributed by atoms with Crippen molar-refractivity contribution in [3.05, 3.63) is 65.5 Å². The molecule has 3 atom stereocenters. The van der Waals surface area contributed by atoms with Crippen molar-refractivity contribution < 1.29 is 45.4 Å². The van der Waals surface area contributed by atoms with Crippen LogP contribution in [0.3, 0.4) is 0 Å². The molecule has 1 saturated carbocycles. The molecule has 2 saturated heterocycles. The third-order valence-corrected chi connectivity index (χ3v) is 8.53. The lowest BCUT2D eigenvalue weighted by atomic mass is 9.82. The third kappa shape index (κ3) is 6.44. The fraction of sp³-hybridized carbons (Fsp3) is 0.500. The highest BCUT2D eigenvalue weighted by Gasteiger charge is 2.50. The third-order valence-electron chi connectivity index (χ3n) is 8.53. The van der Waals surface area contributed by atoms with E-state index < -0.39 is 54.8 Å². The molecule has 3 heterocycles. The van der Waals surface area contributed by atoms with E-state index in [2.05, 4.69) is 10.3 Å². The van der Waals surface area contributed by atoms with Crippen LogP contribution in [-0.2, 0) is 16.1 Å². The Kier molecular flexibility index (Phi) is 8.12. The number of alkyl carbamates (subject to hydrolysis) is 1. The van der Waals surface area contributed by atoms with Gasteiger partial charge in [-0.1, -0.05) is 36.4 Å². The van der Waals surface area contributed by atoms with E-state index in [-0.39, 0.29) is 57.3 Å². The topological polar surface area (TPSA) is 106 Å². The number of ether oxygens (including phenoxy) is 2. The number of benzene rings is 2. The van der Waals surface area contributed by atoms with Gasteiger partial charge in [-0.2, -0.15) is 13.2 Å². The first kappa shape index (κ1) is 30.1. The summed E-state index contributed by atoms with van der Waals surface area (Å²) in [6.45, 7) is 0.00681. The number of hydrogen-bond donors (Lipinski definition) is 2. The van der Waals surface area contributed by atoms with Crippen molar-refractivity contribution in [2.24, 2.45) is 11.8 Å². The van der Waals surface area contributed by atoms with Crippen LogP contribution in [0.15, 0.2) is 52.9 Å². The quantitative estimate of drug-likeness (QED) is 0.287. The zero-order valence-corrected chi connectivity index (χ0v) is 23.5. The van der Waals surface area contributed by atoms with Crippen LogP contribution in [0.1, 0.15) is 54.8 Å². The zero-order chi connectivity index (χ0) is 31.1. The van der Waals surface area contributed by atoms with E-state index in [1.807, 2.05) is 23.5 Å². The van der Waals surface area contributed by atoms with Gasteiger partial charge in [0, 0.05) is 18.8 Å². The number of oxazole rings is 1. The molecule has 6 rings (SSSR count). The molecule has 9 nitrogen and oxygen atoms in total. The van der Waals surface area contributed by atoms with Gasteiger partial charge < -0.3 is 29.4 Å². The van der Waals surface area contributed by atoms with Crippen LogP contribution in [0.25, 0.3) is 11.1 Å². The number of amides is 3. The van der Waals surface area contributed by atoms with Crippen molar-refractivity contribution in [2.75, 3.05) is 19.8 Å². The zero-order valence-electron chi connectivity index (χ0n) is 23.5. The van der Waals surface area contributed by atoms with Gasteiger partial charge in [0.25, 0.3) is 0 Å². The van der Waals surface area contributed by atoms with Crippen molar-refractivity contribution in [2.45, 2.75) is 62.5 Å². The minimum Gasteiger partial charge on any atom is -0.445 e. The molecule has 0 bridgehead atoms. The molecular weight excluding hydrogens is 591 g/mol. The van der Waals surface area contributed by atoms with Gasteiger partial charge in [0.2, 0.25) is 11.8 Å². The smallest absolute Gasteiger partial charge is 0.410 e. The Morgan fingerprint density at radius 1 is 1.11 bits per heavy atom. The summed E-state index contributed by atoms with van der Waals surface area (Å²) >= 11 is 0. The summed E-state index contributed by atoms with van der Waals surface area (Å²) in [6, 6.07) is 9.56. The Morgan fingerprint density at radius 2 is 1.84 bits per heavy atom. The minimum absolute atomic E-state index is 0.00456. The fourth-order valence-electron chi connectivity index (χ4n) is 6.07. The first-order valence-corrected chi connectivity index (χ1v) is 14.4. The summed E-state index contributed by atoms with van der Waals surface area (Å²) < 4.78 is 84.9. The number of halogens is 5. The number of nitrogens with zero attached hydrogens (tertiary/aromatic N) is 2. The molecule has 1 aliphatic carbocycles. The van der Waals surface area contributed by atoms with Gasteiger partial charge in [-0.15, -0.1) is 0 Å². The van der Waals surface area contributed by atoms with Crippen molar-refractivity contribution in [3.8, 4) is 0 Å². The molecule has 3 amide bonds. The second-order valence-electron chi connectivity index (χ2n) is 11.6. The average molecular weight is 623 g/mol. The molecule has 0 radical (unpaired) electrons. The molecule has 3 fully saturated rings. The molecule has 3 aliphatic rings. The normalized spacial score (nSPS) is 22.3. The van der Waals surface area contributed by atoms with Gasteiger partial charge in [-0.3, -0.25) is 0 Å². The van der Waals surface area contributed by atoms with Crippen LogP contribution in [0, 0.1) is 11.8 Å². The molecule has 236 valence electrons. The largest absolute Gasteiger partial charge is 0.445 e. The highest BCUT2D eigenvalue weighted by Crippen LogP contribution is 2.43. The number of carbonyl (C=O) groups excluding carboxylic acids is 2. The van der Waals surface area contributed by atoms with E-state index in [4.69, 9.17) is 13.9 Å². The fourth-order valence-corrected chi connectivity index (χ4v) is 6.07. The molecule has 0 spiro atoms. The molecule has 1 aromatic heterocycles. The molecule has 3 aromatic rings. The van der Waals surface area contributed by atoms with Gasteiger partial charge in [0.05, 0.1) is 25.8 Å². The predicted molar refractivity (Wildman–Crippen MR) is 146 cm³/mol. The number of aromatic nitrogens is 1. The summed E-state index contributed by atoms with van der Waals surface area (Å²) in [4.78, 5) is 31.2. The number of hydrogen-bond acceptors (Lipinski definition) is 6. The van der Waals surface area contributed by atoms with E-state index in [0.29, 0.717) is 16.7 Å². The molecule has 14 heteroatoms. The first-order valence-electron chi connectivity index (χ1n) is 14.4. The van der Waals surface area contributed by atoms with Crippen LogP contribution < -0.4 is 10.6 Å². The lowest BCUT2D eigenvalue weighted by Gasteiger charge is -2.39. The number of rotatable bonds is 8. The summed E-state index contributed by atoms with van der Waals surface area (Å²) in [7, 11) is 0. The van der Waals surface area contributed by atoms with Crippen LogP contribution in [0.4, 0.5) is 31.5 Å². The highest BCUT2D eigenvalue weighted by atomic mass is 19.4. The maximum Gasteiger partial charge on any atom is 0.410 e. The predicted octanol–water partition coefficient (Wildman–Crippen LogP) is 6.26. The number of fused-ring (bicyclic) bond motifs is 1. The summed E-state index contributed by atoms with van der Waals surface area (Å²) in [5.41, 5.74) is 2.00. The Balaban J connectivity index is 1.26. The average Bonchev–Trinajstić information content (AvgIpc) is 3.56. The van der Waals surface area contributed by atoms with Gasteiger partial charge in [0.1, 0.15) is 24.2 Å². The molecule has 44 heavy (non-hydrogen) atoms. The van der Waals surface area contributed by atoms with Crippen LogP contribution in [0.2, 0.25) is 0 Å². The van der Waals surface area contributed by atoms with Crippen molar-refractivity contribution in [1.82, 2.24) is 20.5 Å². The second-order valence-corrected chi connectivity index (χ2v) is 11.6. The van der Waals surface area contributed by atoms with E-state index in [1.165, 1.54) is 4.90 Å². The minimum atomic E-state index is -4.59. The lowest BCUT2D eigenvalue weighted by Crippen LogP contribution is -2.44. The van der Waals surface area contributed by atoms with Crippen molar-refractivity contribution in [1.29, 1.82) is 0 Å². The Labute approximate surface area is 249 Å². The molecule has 0 unspecified atom stereocenters. The van der Waals surface area contributed by atoms with E-state index in [9.17, 15) is 31.5 Å². The lowest BCUT2D eigenvalue weighted by molar-refractivity contribution is -0.151. The first-order chi connectivity index (χ1) is 21.0. The number of nitrogens with one attached hydrogen (secondary N) is 2. The van der Waals surface area contributed by atoms with Gasteiger partial charge in [-0.25, -0.2) is 23.4 Å². The van der Waals surface area contributed by atoms with Gasteiger partial charge in [0.15, 0.2) is 5.58 Å². The number of alkyl halides is 5. The molecule has 2 aliphatic heterocycles. The van der Waals surface area contributed by atoms with Crippen molar-refractivity contribution in [3.63, 3.8) is 0 Å². The molecule has 2 aromatic carbocycles. The summed E-state index contributed by atoms with van der Waals surface area (Å²) in [6.07, 6.45) is -5.81. The van der Waals surface area contributed by atoms with E-state index >= 15 is 0 Å². The monoisotopic (exact) mass is 622 g/mol. The summed E-state index contributed by atoms with van der Waals surface area (Å²) in [5.74, 6) is -3.32.